The van der Waals surface area contributed by atoms with Crippen LogP contribution in [0.4, 0.5) is 5.69 Å². The third kappa shape index (κ3) is 2.15. The van der Waals surface area contributed by atoms with E-state index in [0.29, 0.717) is 17.9 Å². The van der Waals surface area contributed by atoms with Crippen molar-refractivity contribution in [2.24, 2.45) is 11.8 Å². The molecule has 0 radical (unpaired) electrons. The van der Waals surface area contributed by atoms with Crippen molar-refractivity contribution in [2.75, 3.05) is 12.0 Å². The zero-order chi connectivity index (χ0) is 18.6. The van der Waals surface area contributed by atoms with Gasteiger partial charge in [-0.25, -0.2) is 0 Å². The highest BCUT2D eigenvalue weighted by molar-refractivity contribution is 6.03. The topological polar surface area (TPSA) is 78.9 Å². The van der Waals surface area contributed by atoms with Gasteiger partial charge in [0.15, 0.2) is 0 Å². The molecular formula is C20H20NO5-. The Morgan fingerprint density at radius 2 is 2.23 bits per heavy atom. The molecule has 1 aromatic carbocycles. The van der Waals surface area contributed by atoms with Gasteiger partial charge in [0.25, 0.3) is 0 Å². The SMILES string of the molecule is C=C(C)C[C@H]1N(c2cccc(OC)c2)C(=O)[C@H]2[C@@H](C(=O)[O-])[C@@H]3C=C[C@]21O3. The van der Waals surface area contributed by atoms with Crippen LogP contribution in [0.25, 0.3) is 0 Å². The van der Waals surface area contributed by atoms with E-state index in [1.165, 1.54) is 0 Å². The largest absolute Gasteiger partial charge is 0.550 e. The van der Waals surface area contributed by atoms with Crippen LogP contribution in [-0.2, 0) is 14.3 Å². The lowest BCUT2D eigenvalue weighted by molar-refractivity contribution is -0.313. The summed E-state index contributed by atoms with van der Waals surface area (Å²) >= 11 is 0. The fraction of sp³-hybridized carbons (Fsp3) is 0.400. The zero-order valence-corrected chi connectivity index (χ0v) is 14.7. The molecule has 0 saturated carbocycles. The Balaban J connectivity index is 1.84. The number of carbonyl (C=O) groups is 2. The van der Waals surface area contributed by atoms with Crippen LogP contribution in [0.5, 0.6) is 5.75 Å². The zero-order valence-electron chi connectivity index (χ0n) is 14.7. The van der Waals surface area contributed by atoms with Gasteiger partial charge in [0.05, 0.1) is 25.2 Å². The van der Waals surface area contributed by atoms with E-state index in [4.69, 9.17) is 9.47 Å². The molecule has 6 nitrogen and oxygen atoms in total. The van der Waals surface area contributed by atoms with Gasteiger partial charge in [0, 0.05) is 23.6 Å². The molecule has 5 atom stereocenters. The maximum absolute atomic E-state index is 13.3. The predicted molar refractivity (Wildman–Crippen MR) is 92.4 cm³/mol. The molecular weight excluding hydrogens is 334 g/mol. The van der Waals surface area contributed by atoms with Crippen molar-refractivity contribution in [3.8, 4) is 5.75 Å². The Morgan fingerprint density at radius 1 is 1.46 bits per heavy atom. The molecule has 6 heteroatoms. The van der Waals surface area contributed by atoms with E-state index in [9.17, 15) is 14.7 Å². The summed E-state index contributed by atoms with van der Waals surface area (Å²) in [4.78, 5) is 26.7. The van der Waals surface area contributed by atoms with Crippen molar-refractivity contribution in [3.05, 3.63) is 48.6 Å². The number of fused-ring (bicyclic) bond motifs is 1. The van der Waals surface area contributed by atoms with Crippen molar-refractivity contribution in [1.29, 1.82) is 0 Å². The molecule has 1 aromatic rings. The van der Waals surface area contributed by atoms with Gasteiger partial charge in [-0.15, -0.1) is 6.58 Å². The molecule has 1 amide bonds. The number of nitrogens with zero attached hydrogens (tertiary/aromatic N) is 1. The number of amides is 1. The maximum Gasteiger partial charge on any atom is 0.234 e. The van der Waals surface area contributed by atoms with E-state index in [-0.39, 0.29) is 11.9 Å². The van der Waals surface area contributed by atoms with E-state index in [1.54, 1.807) is 36.3 Å². The fourth-order valence-corrected chi connectivity index (χ4v) is 4.57. The summed E-state index contributed by atoms with van der Waals surface area (Å²) in [7, 11) is 1.56. The van der Waals surface area contributed by atoms with E-state index in [1.807, 2.05) is 19.1 Å². The molecule has 3 aliphatic rings. The second kappa shape index (κ2) is 5.71. The Morgan fingerprint density at radius 3 is 2.88 bits per heavy atom. The summed E-state index contributed by atoms with van der Waals surface area (Å²) in [6.45, 7) is 5.87. The molecule has 26 heavy (non-hydrogen) atoms. The van der Waals surface area contributed by atoms with E-state index in [0.717, 1.165) is 5.57 Å². The number of carboxylic acids is 1. The average molecular weight is 354 g/mol. The quantitative estimate of drug-likeness (QED) is 0.739. The highest BCUT2D eigenvalue weighted by Crippen LogP contribution is 2.56. The number of hydrogen-bond acceptors (Lipinski definition) is 5. The summed E-state index contributed by atoms with van der Waals surface area (Å²) in [6, 6.07) is 6.81. The fourth-order valence-electron chi connectivity index (χ4n) is 4.57. The second-order valence-corrected chi connectivity index (χ2v) is 7.20. The summed E-state index contributed by atoms with van der Waals surface area (Å²) in [5.74, 6) is -2.66. The standard InChI is InChI=1S/C20H21NO5/c1-11(2)9-15-20-8-7-14(26-20)16(19(23)24)17(20)18(22)21(15)12-5-4-6-13(10-12)25-3/h4-8,10,14-17H,1,9H2,2-3H3,(H,23,24)/p-1/t14-,15+,16-,17+,20+/m0/s1. The number of anilines is 1. The molecule has 3 heterocycles. The van der Waals surface area contributed by atoms with Gasteiger partial charge < -0.3 is 24.3 Å². The van der Waals surface area contributed by atoms with Crippen LogP contribution < -0.4 is 14.7 Å². The Hall–Kier alpha value is -2.60. The van der Waals surface area contributed by atoms with E-state index >= 15 is 0 Å². The number of carbonyl (C=O) groups excluding carboxylic acids is 2. The number of hydrogen-bond donors (Lipinski definition) is 0. The van der Waals surface area contributed by atoms with Gasteiger partial charge in [-0.2, -0.15) is 0 Å². The smallest absolute Gasteiger partial charge is 0.234 e. The van der Waals surface area contributed by atoms with Crippen molar-refractivity contribution >= 4 is 17.6 Å². The van der Waals surface area contributed by atoms with Crippen LogP contribution >= 0.6 is 0 Å². The number of aliphatic carboxylic acids is 1. The predicted octanol–water partition coefficient (Wildman–Crippen LogP) is 1.07. The number of rotatable bonds is 5. The van der Waals surface area contributed by atoms with Crippen molar-refractivity contribution in [2.45, 2.75) is 31.1 Å². The highest BCUT2D eigenvalue weighted by Gasteiger charge is 2.69. The summed E-state index contributed by atoms with van der Waals surface area (Å²) in [6.07, 6.45) is 3.49. The van der Waals surface area contributed by atoms with Gasteiger partial charge in [-0.1, -0.05) is 23.8 Å². The van der Waals surface area contributed by atoms with Crippen LogP contribution in [-0.4, -0.2) is 36.7 Å². The van der Waals surface area contributed by atoms with Gasteiger partial charge in [0.1, 0.15) is 11.4 Å². The van der Waals surface area contributed by atoms with Crippen molar-refractivity contribution in [3.63, 3.8) is 0 Å². The lowest BCUT2D eigenvalue weighted by Crippen LogP contribution is -2.46. The third-order valence-electron chi connectivity index (χ3n) is 5.57. The van der Waals surface area contributed by atoms with Crippen molar-refractivity contribution in [1.82, 2.24) is 0 Å². The summed E-state index contributed by atoms with van der Waals surface area (Å²) in [5, 5.41) is 11.7. The molecule has 4 rings (SSSR count). The minimum atomic E-state index is -1.25. The second-order valence-electron chi connectivity index (χ2n) is 7.20. The number of methoxy groups -OCH3 is 1. The van der Waals surface area contributed by atoms with Gasteiger partial charge in [-0.05, 0) is 25.5 Å². The number of ether oxygens (including phenoxy) is 2. The lowest BCUT2D eigenvalue weighted by atomic mass is 9.74. The van der Waals surface area contributed by atoms with E-state index < -0.39 is 29.5 Å². The van der Waals surface area contributed by atoms with E-state index in [2.05, 4.69) is 6.58 Å². The Labute approximate surface area is 151 Å². The molecule has 3 aliphatic heterocycles. The molecule has 0 aliphatic carbocycles. The van der Waals surface area contributed by atoms with Crippen LogP contribution in [0.2, 0.25) is 0 Å². The Bertz CT molecular complexity index is 831. The summed E-state index contributed by atoms with van der Waals surface area (Å²) in [5.41, 5.74) is 0.583. The normalized spacial score (nSPS) is 34.2. The minimum absolute atomic E-state index is 0.259. The first kappa shape index (κ1) is 16.8. The first-order valence-corrected chi connectivity index (χ1v) is 8.58. The molecule has 0 N–H and O–H groups in total. The van der Waals surface area contributed by atoms with Gasteiger partial charge >= 0.3 is 0 Å². The van der Waals surface area contributed by atoms with Crippen LogP contribution in [0.15, 0.2) is 48.6 Å². The molecule has 0 aromatic heterocycles. The molecule has 1 spiro atoms. The summed E-state index contributed by atoms with van der Waals surface area (Å²) < 4.78 is 11.4. The first-order chi connectivity index (χ1) is 12.4. The van der Waals surface area contributed by atoms with Gasteiger partial charge in [0.2, 0.25) is 5.91 Å². The van der Waals surface area contributed by atoms with Crippen LogP contribution in [0.3, 0.4) is 0 Å². The van der Waals surface area contributed by atoms with Crippen molar-refractivity contribution < 1.29 is 24.2 Å². The molecule has 136 valence electrons. The molecule has 2 bridgehead atoms. The lowest BCUT2D eigenvalue weighted by Gasteiger charge is -2.33. The monoisotopic (exact) mass is 354 g/mol. The van der Waals surface area contributed by atoms with Gasteiger partial charge in [-0.3, -0.25) is 4.79 Å². The first-order valence-electron chi connectivity index (χ1n) is 8.58. The third-order valence-corrected chi connectivity index (χ3v) is 5.57. The number of benzene rings is 1. The average Bonchev–Trinajstić information content (AvgIpc) is 3.24. The minimum Gasteiger partial charge on any atom is -0.550 e. The molecule has 2 saturated heterocycles. The maximum atomic E-state index is 13.3. The number of carboxylic acid groups (broad SMARTS) is 1. The highest BCUT2D eigenvalue weighted by atomic mass is 16.5. The Kier molecular flexibility index (Phi) is 3.70. The van der Waals surface area contributed by atoms with Crippen LogP contribution in [0, 0.1) is 11.8 Å². The van der Waals surface area contributed by atoms with Crippen LogP contribution in [0.1, 0.15) is 13.3 Å². The molecule has 0 unspecified atom stereocenters. The molecule has 2 fully saturated rings.